The van der Waals surface area contributed by atoms with Crippen molar-refractivity contribution in [3.8, 4) is 0 Å². The molecule has 0 saturated carbocycles. The van der Waals surface area contributed by atoms with Crippen molar-refractivity contribution >= 4 is 11.8 Å². The van der Waals surface area contributed by atoms with E-state index in [1.807, 2.05) is 13.8 Å². The van der Waals surface area contributed by atoms with Gasteiger partial charge in [-0.05, 0) is 42.0 Å². The normalized spacial score (nSPS) is 21.4. The van der Waals surface area contributed by atoms with Crippen molar-refractivity contribution in [1.29, 1.82) is 0 Å². The molecule has 3 rings (SSSR count). The number of carbonyl (C=O) groups is 2. The van der Waals surface area contributed by atoms with E-state index in [9.17, 15) is 14.0 Å². The van der Waals surface area contributed by atoms with E-state index >= 15 is 0 Å². The molecule has 4 nitrogen and oxygen atoms in total. The van der Waals surface area contributed by atoms with Crippen LogP contribution in [0.3, 0.4) is 0 Å². The van der Waals surface area contributed by atoms with Crippen molar-refractivity contribution in [2.45, 2.75) is 45.2 Å². The molecular formula is C17H19FN2O2. The molecule has 0 aromatic heterocycles. The van der Waals surface area contributed by atoms with Crippen molar-refractivity contribution in [2.75, 3.05) is 0 Å². The van der Waals surface area contributed by atoms with Crippen LogP contribution >= 0.6 is 0 Å². The standard InChI is InChI=1S/C17H19FN2O2/c1-9(2)12-6-11(18)7-13-14(12)8-20(17(13)22)15-5-4-10(3)19-16(15)21/h6-7,9,15H,3-5,8H2,1-2H3,(H,19,21). The van der Waals surface area contributed by atoms with Crippen LogP contribution in [-0.4, -0.2) is 22.8 Å². The minimum Gasteiger partial charge on any atom is -0.329 e. The van der Waals surface area contributed by atoms with Gasteiger partial charge in [0.05, 0.1) is 0 Å². The first kappa shape index (κ1) is 14.8. The smallest absolute Gasteiger partial charge is 0.255 e. The molecule has 1 fully saturated rings. The molecule has 22 heavy (non-hydrogen) atoms. The van der Waals surface area contributed by atoms with Crippen LogP contribution in [0.15, 0.2) is 24.4 Å². The zero-order valence-corrected chi connectivity index (χ0v) is 12.8. The van der Waals surface area contributed by atoms with E-state index in [2.05, 4.69) is 11.9 Å². The van der Waals surface area contributed by atoms with Crippen molar-refractivity contribution < 1.29 is 14.0 Å². The molecule has 0 aliphatic carbocycles. The summed E-state index contributed by atoms with van der Waals surface area (Å²) in [5, 5.41) is 2.70. The number of nitrogens with one attached hydrogen (secondary N) is 1. The first-order valence-corrected chi connectivity index (χ1v) is 7.50. The third-order valence-corrected chi connectivity index (χ3v) is 4.39. The first-order valence-electron chi connectivity index (χ1n) is 7.50. The third kappa shape index (κ3) is 2.30. The highest BCUT2D eigenvalue weighted by atomic mass is 19.1. The average Bonchev–Trinajstić information content (AvgIpc) is 2.75. The first-order chi connectivity index (χ1) is 10.4. The molecule has 0 spiro atoms. The van der Waals surface area contributed by atoms with Gasteiger partial charge in [-0.15, -0.1) is 0 Å². The Morgan fingerprint density at radius 2 is 2.09 bits per heavy atom. The van der Waals surface area contributed by atoms with Gasteiger partial charge < -0.3 is 10.2 Å². The van der Waals surface area contributed by atoms with Crippen LogP contribution in [0.25, 0.3) is 0 Å². The second kappa shape index (κ2) is 5.23. The predicted octanol–water partition coefficient (Wildman–Crippen LogP) is 2.70. The molecule has 0 bridgehead atoms. The minimum atomic E-state index is -0.506. The van der Waals surface area contributed by atoms with Crippen LogP contribution in [0.5, 0.6) is 0 Å². The molecule has 1 N–H and O–H groups in total. The Morgan fingerprint density at radius 3 is 2.73 bits per heavy atom. The average molecular weight is 302 g/mol. The molecule has 0 radical (unpaired) electrons. The zero-order chi connectivity index (χ0) is 16.0. The summed E-state index contributed by atoms with van der Waals surface area (Å²) in [7, 11) is 0. The fourth-order valence-corrected chi connectivity index (χ4v) is 3.25. The fourth-order valence-electron chi connectivity index (χ4n) is 3.25. The molecule has 116 valence electrons. The molecule has 1 unspecified atom stereocenters. The van der Waals surface area contributed by atoms with Gasteiger partial charge in [-0.2, -0.15) is 0 Å². The quantitative estimate of drug-likeness (QED) is 0.913. The van der Waals surface area contributed by atoms with E-state index in [1.54, 1.807) is 4.90 Å². The number of nitrogens with zero attached hydrogens (tertiary/aromatic N) is 1. The summed E-state index contributed by atoms with van der Waals surface area (Å²) < 4.78 is 13.8. The Morgan fingerprint density at radius 1 is 1.36 bits per heavy atom. The van der Waals surface area contributed by atoms with Crippen molar-refractivity contribution in [2.24, 2.45) is 0 Å². The molecule has 2 amide bonds. The number of hydrogen-bond acceptors (Lipinski definition) is 2. The van der Waals surface area contributed by atoms with Crippen LogP contribution in [0, 0.1) is 5.82 Å². The summed E-state index contributed by atoms with van der Waals surface area (Å²) in [6, 6.07) is 2.26. The number of carbonyl (C=O) groups excluding carboxylic acids is 2. The summed E-state index contributed by atoms with van der Waals surface area (Å²) in [6.45, 7) is 8.06. The molecule has 1 atom stereocenters. The fraction of sp³-hybridized carbons (Fsp3) is 0.412. The number of benzene rings is 1. The predicted molar refractivity (Wildman–Crippen MR) is 80.7 cm³/mol. The minimum absolute atomic E-state index is 0.122. The lowest BCUT2D eigenvalue weighted by Gasteiger charge is -2.31. The third-order valence-electron chi connectivity index (χ3n) is 4.39. The van der Waals surface area contributed by atoms with E-state index in [1.165, 1.54) is 12.1 Å². The van der Waals surface area contributed by atoms with E-state index < -0.39 is 11.9 Å². The van der Waals surface area contributed by atoms with Crippen LogP contribution in [0.2, 0.25) is 0 Å². The number of rotatable bonds is 2. The highest BCUT2D eigenvalue weighted by molar-refractivity contribution is 6.01. The highest BCUT2D eigenvalue weighted by Crippen LogP contribution is 2.34. The van der Waals surface area contributed by atoms with Crippen molar-refractivity contribution in [1.82, 2.24) is 10.2 Å². The van der Waals surface area contributed by atoms with E-state index in [4.69, 9.17) is 0 Å². The number of piperidine rings is 1. The van der Waals surface area contributed by atoms with Crippen LogP contribution < -0.4 is 5.32 Å². The Labute approximate surface area is 129 Å². The molecule has 2 heterocycles. The Kier molecular flexibility index (Phi) is 3.51. The summed E-state index contributed by atoms with van der Waals surface area (Å²) in [4.78, 5) is 26.3. The van der Waals surface area contributed by atoms with Crippen molar-refractivity contribution in [3.05, 3.63) is 46.9 Å². The SMILES string of the molecule is C=C1CCC(N2Cc3c(cc(F)cc3C(C)C)C2=O)C(=O)N1. The lowest BCUT2D eigenvalue weighted by atomic mass is 9.94. The number of allylic oxidation sites excluding steroid dienone is 1. The second-order valence-electron chi connectivity index (χ2n) is 6.26. The number of halogens is 1. The van der Waals surface area contributed by atoms with Gasteiger partial charge in [-0.25, -0.2) is 4.39 Å². The molecule has 5 heteroatoms. The molecule has 2 aliphatic rings. The van der Waals surface area contributed by atoms with Gasteiger partial charge >= 0.3 is 0 Å². The largest absolute Gasteiger partial charge is 0.329 e. The Bertz CT molecular complexity index is 681. The molecular weight excluding hydrogens is 283 g/mol. The monoisotopic (exact) mass is 302 g/mol. The molecule has 2 aliphatic heterocycles. The number of amides is 2. The van der Waals surface area contributed by atoms with Gasteiger partial charge in [-0.3, -0.25) is 9.59 Å². The second-order valence-corrected chi connectivity index (χ2v) is 6.26. The van der Waals surface area contributed by atoms with Gasteiger partial charge in [0, 0.05) is 17.8 Å². The van der Waals surface area contributed by atoms with Gasteiger partial charge in [-0.1, -0.05) is 20.4 Å². The van der Waals surface area contributed by atoms with Gasteiger partial charge in [0.15, 0.2) is 0 Å². The van der Waals surface area contributed by atoms with E-state index in [-0.39, 0.29) is 17.7 Å². The topological polar surface area (TPSA) is 49.4 Å². The number of hydrogen-bond donors (Lipinski definition) is 1. The Hall–Kier alpha value is -2.17. The molecule has 1 aromatic rings. The molecule has 1 saturated heterocycles. The highest BCUT2D eigenvalue weighted by Gasteiger charge is 2.39. The van der Waals surface area contributed by atoms with E-state index in [0.29, 0.717) is 30.6 Å². The summed E-state index contributed by atoms with van der Waals surface area (Å²) in [5.74, 6) is -0.746. The summed E-state index contributed by atoms with van der Waals surface area (Å²) >= 11 is 0. The Balaban J connectivity index is 1.96. The van der Waals surface area contributed by atoms with Crippen LogP contribution in [-0.2, 0) is 11.3 Å². The lowest BCUT2D eigenvalue weighted by molar-refractivity contribution is -0.126. The zero-order valence-electron chi connectivity index (χ0n) is 12.8. The summed E-state index contributed by atoms with van der Waals surface area (Å²) in [5.41, 5.74) is 2.75. The van der Waals surface area contributed by atoms with Gasteiger partial charge in [0.1, 0.15) is 11.9 Å². The molecule has 1 aromatic carbocycles. The van der Waals surface area contributed by atoms with Crippen LogP contribution in [0.1, 0.15) is 54.1 Å². The maximum absolute atomic E-state index is 13.8. The van der Waals surface area contributed by atoms with Crippen LogP contribution in [0.4, 0.5) is 4.39 Å². The lowest BCUT2D eigenvalue weighted by Crippen LogP contribution is -2.49. The summed E-state index contributed by atoms with van der Waals surface area (Å²) in [6.07, 6.45) is 1.21. The number of fused-ring (bicyclic) bond motifs is 1. The van der Waals surface area contributed by atoms with Crippen molar-refractivity contribution in [3.63, 3.8) is 0 Å². The van der Waals surface area contributed by atoms with Gasteiger partial charge in [0.2, 0.25) is 5.91 Å². The maximum Gasteiger partial charge on any atom is 0.255 e. The van der Waals surface area contributed by atoms with Gasteiger partial charge in [0.25, 0.3) is 5.91 Å². The van der Waals surface area contributed by atoms with E-state index in [0.717, 1.165) is 11.1 Å². The maximum atomic E-state index is 13.8.